The largest absolute Gasteiger partial charge is 0.257 e. The quantitative estimate of drug-likeness (QED) is 0.107. The second-order valence-corrected chi connectivity index (χ2v) is 21.9. The minimum Gasteiger partial charge on any atom is -0.257 e. The van der Waals surface area contributed by atoms with Gasteiger partial charge in [-0.25, -0.2) is 14.0 Å². The normalized spacial score (nSPS) is 17.6. The summed E-state index contributed by atoms with van der Waals surface area (Å²) in [5, 5.41) is 17.5. The van der Waals surface area contributed by atoms with E-state index in [1.54, 1.807) is 0 Å². The molecular formula is C60H63BN9. The van der Waals surface area contributed by atoms with E-state index < -0.39 is 0 Å². The third-order valence-electron chi connectivity index (χ3n) is 13.6. The van der Waals surface area contributed by atoms with E-state index in [1.165, 1.54) is 17.1 Å². The highest BCUT2D eigenvalue weighted by molar-refractivity contribution is 6.00. The van der Waals surface area contributed by atoms with Crippen LogP contribution in [0.5, 0.6) is 0 Å². The summed E-state index contributed by atoms with van der Waals surface area (Å²) in [5.41, 5.74) is 12.2. The lowest BCUT2D eigenvalue weighted by Gasteiger charge is -2.43. The maximum absolute atomic E-state index is 5.62. The fraction of sp³-hybridized carbons (Fsp3) is 0.300. The summed E-state index contributed by atoms with van der Waals surface area (Å²) < 4.78 is 6.01. The molecule has 1 fully saturated rings. The summed E-state index contributed by atoms with van der Waals surface area (Å²) >= 11 is 0. The minimum absolute atomic E-state index is 0. The molecule has 1 aliphatic carbocycles. The van der Waals surface area contributed by atoms with E-state index in [4.69, 9.17) is 30.3 Å². The monoisotopic (exact) mass is 921 g/mol. The molecule has 9 nitrogen and oxygen atoms in total. The van der Waals surface area contributed by atoms with Crippen LogP contribution in [0.25, 0.3) is 49.8 Å². The molecular weight excluding hydrogens is 858 g/mol. The third-order valence-corrected chi connectivity index (χ3v) is 13.6. The van der Waals surface area contributed by atoms with Crippen molar-refractivity contribution >= 4 is 75.3 Å². The van der Waals surface area contributed by atoms with Crippen molar-refractivity contribution in [3.8, 4) is 17.1 Å². The molecule has 10 heteroatoms. The second kappa shape index (κ2) is 19.0. The van der Waals surface area contributed by atoms with Crippen molar-refractivity contribution in [3.05, 3.63) is 164 Å². The molecule has 10 rings (SSSR count). The first-order valence-electron chi connectivity index (χ1n) is 24.4. The molecule has 3 heterocycles. The Balaban J connectivity index is 0.00000608. The van der Waals surface area contributed by atoms with E-state index in [9.17, 15) is 0 Å². The first-order chi connectivity index (χ1) is 33.1. The molecule has 70 heavy (non-hydrogen) atoms. The van der Waals surface area contributed by atoms with E-state index in [1.807, 2.05) is 32.6 Å². The fourth-order valence-corrected chi connectivity index (χ4v) is 10.6. The van der Waals surface area contributed by atoms with Gasteiger partial charge in [-0.15, -0.1) is 0 Å². The predicted octanol–water partition coefficient (Wildman–Crippen LogP) is 15.1. The highest BCUT2D eigenvalue weighted by atomic mass is 15.3. The molecule has 0 aliphatic heterocycles. The number of hydrogen-bond acceptors (Lipinski definition) is 6. The molecule has 0 amide bonds. The average molecular weight is 921 g/mol. The van der Waals surface area contributed by atoms with Crippen LogP contribution in [0.15, 0.2) is 179 Å². The van der Waals surface area contributed by atoms with Crippen molar-refractivity contribution in [1.82, 2.24) is 29.3 Å². The van der Waals surface area contributed by atoms with Crippen molar-refractivity contribution in [3.63, 3.8) is 0 Å². The lowest BCUT2D eigenvalue weighted by atomic mass is 9.62. The van der Waals surface area contributed by atoms with Crippen LogP contribution in [0.2, 0.25) is 0 Å². The molecule has 0 spiro atoms. The third kappa shape index (κ3) is 9.82. The van der Waals surface area contributed by atoms with Gasteiger partial charge in [-0.3, -0.25) is 15.0 Å². The van der Waals surface area contributed by atoms with Crippen molar-refractivity contribution in [2.45, 2.75) is 81.6 Å². The number of nitrogens with zero attached hydrogens (tertiary/aromatic N) is 9. The zero-order valence-corrected chi connectivity index (χ0v) is 42.0. The Bertz CT molecular complexity index is 3000. The SMILES string of the molecule is CC(C)(C)C(=Nc1ccc(-n2ncc3ccccc32)cc1)C1CC(C(=Nc2ccc(-n3ncc4ccccc43)cc2)C(C)(C)C)CC(C(=Nc2ccc(-n3ncc4ccccc43)cc2)C(C)(C)C)C1.[B]. The van der Waals surface area contributed by atoms with Gasteiger partial charge in [0.25, 0.3) is 0 Å². The van der Waals surface area contributed by atoms with Crippen molar-refractivity contribution in [2.24, 2.45) is 49.0 Å². The Kier molecular flexibility index (Phi) is 13.0. The minimum atomic E-state index is -0.203. The van der Waals surface area contributed by atoms with Gasteiger partial charge in [-0.05, 0) is 128 Å². The number of fused-ring (bicyclic) bond motifs is 3. The molecule has 0 atom stereocenters. The van der Waals surface area contributed by atoms with Crippen LogP contribution in [0.4, 0.5) is 17.1 Å². The van der Waals surface area contributed by atoms with Crippen LogP contribution in [-0.4, -0.2) is 54.9 Å². The van der Waals surface area contributed by atoms with Crippen LogP contribution in [0, 0.1) is 34.0 Å². The maximum atomic E-state index is 5.62. The Morgan fingerprint density at radius 1 is 0.371 bits per heavy atom. The van der Waals surface area contributed by atoms with Crippen LogP contribution in [-0.2, 0) is 0 Å². The topological polar surface area (TPSA) is 90.5 Å². The number of aliphatic imine (C=N–C) groups is 3. The highest BCUT2D eigenvalue weighted by Gasteiger charge is 2.43. The maximum Gasteiger partial charge on any atom is 0.0741 e. The Morgan fingerprint density at radius 2 is 0.614 bits per heavy atom. The van der Waals surface area contributed by atoms with Gasteiger partial charge >= 0.3 is 0 Å². The van der Waals surface area contributed by atoms with Crippen LogP contribution >= 0.6 is 0 Å². The van der Waals surface area contributed by atoms with Gasteiger partial charge in [0, 0.05) is 58.0 Å². The van der Waals surface area contributed by atoms with E-state index >= 15 is 0 Å². The number of hydrogen-bond donors (Lipinski definition) is 0. The molecule has 1 aliphatic rings. The summed E-state index contributed by atoms with van der Waals surface area (Å²) in [6, 6.07) is 50.7. The van der Waals surface area contributed by atoms with Crippen molar-refractivity contribution < 1.29 is 0 Å². The standard InChI is InChI=1S/C60H63N9.B/c1-58(2,3)55(64-46-22-28-49(29-23-46)67-52-19-13-10-16-40(52)37-61-67)43-34-44(56(59(4,5)6)65-47-24-30-50(31-25-47)68-53-20-14-11-17-41(53)38-62-68)36-45(35-43)57(60(7,8)9)66-48-26-32-51(33-27-48)69-54-21-15-12-18-42(54)39-63-69;/h10-33,37-39,43-45H,34-36H2,1-9H3;. The number of para-hydroxylation sites is 3. The molecule has 3 radical (unpaired) electrons. The van der Waals surface area contributed by atoms with Crippen LogP contribution in [0.1, 0.15) is 81.6 Å². The zero-order chi connectivity index (χ0) is 48.1. The summed E-state index contributed by atoms with van der Waals surface area (Å²) in [6.07, 6.45) is 8.61. The molecule has 0 N–H and O–H groups in total. The lowest BCUT2D eigenvalue weighted by molar-refractivity contribution is 0.301. The van der Waals surface area contributed by atoms with E-state index in [0.29, 0.717) is 0 Å². The molecule has 0 saturated heterocycles. The highest BCUT2D eigenvalue weighted by Crippen LogP contribution is 2.46. The van der Waals surface area contributed by atoms with Crippen molar-refractivity contribution in [1.29, 1.82) is 0 Å². The fourth-order valence-electron chi connectivity index (χ4n) is 10.6. The first-order valence-corrected chi connectivity index (χ1v) is 24.4. The first kappa shape index (κ1) is 47.9. The smallest absolute Gasteiger partial charge is 0.0741 e. The Hall–Kier alpha value is -7.20. The van der Waals surface area contributed by atoms with Gasteiger partial charge in [0.1, 0.15) is 0 Å². The zero-order valence-electron chi connectivity index (χ0n) is 42.0. The summed E-state index contributed by atoms with van der Waals surface area (Å²) in [4.78, 5) is 16.9. The van der Waals surface area contributed by atoms with Gasteiger partial charge < -0.3 is 0 Å². The Labute approximate surface area is 414 Å². The molecule has 351 valence electrons. The molecule has 3 aromatic heterocycles. The average Bonchev–Trinajstić information content (AvgIpc) is 4.09. The lowest BCUT2D eigenvalue weighted by Crippen LogP contribution is -2.43. The predicted molar refractivity (Wildman–Crippen MR) is 293 cm³/mol. The summed E-state index contributed by atoms with van der Waals surface area (Å²) in [7, 11) is 0. The molecule has 6 aromatic carbocycles. The van der Waals surface area contributed by atoms with Gasteiger partial charge in [0.05, 0.1) is 69.3 Å². The van der Waals surface area contributed by atoms with E-state index in [2.05, 4.69) is 208 Å². The van der Waals surface area contributed by atoms with Gasteiger partial charge in [0.2, 0.25) is 0 Å². The Morgan fingerprint density at radius 3 is 0.857 bits per heavy atom. The van der Waals surface area contributed by atoms with Crippen LogP contribution < -0.4 is 0 Å². The van der Waals surface area contributed by atoms with Gasteiger partial charge in [0.15, 0.2) is 0 Å². The molecule has 9 aromatic rings. The number of rotatable bonds is 9. The van der Waals surface area contributed by atoms with E-state index in [0.717, 1.165) is 86.1 Å². The second-order valence-electron chi connectivity index (χ2n) is 21.9. The summed E-state index contributed by atoms with van der Waals surface area (Å²) in [5.74, 6) is 0.526. The number of aromatic nitrogens is 6. The van der Waals surface area contributed by atoms with Crippen LogP contribution in [0.3, 0.4) is 0 Å². The number of benzene rings is 6. The van der Waals surface area contributed by atoms with Crippen molar-refractivity contribution in [2.75, 3.05) is 0 Å². The van der Waals surface area contributed by atoms with Gasteiger partial charge in [-0.1, -0.05) is 117 Å². The molecule has 1 saturated carbocycles. The van der Waals surface area contributed by atoms with Gasteiger partial charge in [-0.2, -0.15) is 15.3 Å². The summed E-state index contributed by atoms with van der Waals surface area (Å²) in [6.45, 7) is 20.9. The molecule has 0 unspecified atom stereocenters. The van der Waals surface area contributed by atoms with E-state index in [-0.39, 0.29) is 42.4 Å². The molecule has 0 bridgehead atoms.